The van der Waals surface area contributed by atoms with Crippen molar-refractivity contribution < 1.29 is 33.3 Å². The Morgan fingerprint density at radius 3 is 2.10 bits per heavy atom. The molecule has 0 spiro atoms. The van der Waals surface area contributed by atoms with E-state index in [9.17, 15) is 9.59 Å². The van der Waals surface area contributed by atoms with Gasteiger partial charge in [0.1, 0.15) is 13.2 Å². The van der Waals surface area contributed by atoms with Crippen molar-refractivity contribution in [2.24, 2.45) is 0 Å². The second-order valence-corrected chi connectivity index (χ2v) is 3.55. The van der Waals surface area contributed by atoms with Gasteiger partial charge in [0.2, 0.25) is 0 Å². The molecule has 0 aliphatic carbocycles. The molecule has 0 radical (unpaired) electrons. The van der Waals surface area contributed by atoms with Crippen molar-refractivity contribution in [2.75, 3.05) is 33.5 Å². The van der Waals surface area contributed by atoms with Crippen LogP contribution < -0.4 is 0 Å². The molecule has 0 aromatic carbocycles. The summed E-state index contributed by atoms with van der Waals surface area (Å²) >= 11 is 0. The van der Waals surface area contributed by atoms with Gasteiger partial charge in [0, 0.05) is 18.8 Å². The maximum Gasteiger partial charge on any atom is 0.333 e. The SMILES string of the molecule is C=CC(=O)OCCOC(OC)OCCOC(=O)C(=C)C. The normalized spacial score (nSPS) is 11.5. The lowest BCUT2D eigenvalue weighted by Gasteiger charge is -2.16. The van der Waals surface area contributed by atoms with Crippen LogP contribution in [0.15, 0.2) is 24.8 Å². The molecule has 0 N–H and O–H groups in total. The molecule has 7 heteroatoms. The fraction of sp³-hybridized carbons (Fsp3) is 0.538. The van der Waals surface area contributed by atoms with E-state index < -0.39 is 18.4 Å². The Hall–Kier alpha value is -1.70. The van der Waals surface area contributed by atoms with Crippen LogP contribution in [0.1, 0.15) is 6.92 Å². The number of hydrogen-bond donors (Lipinski definition) is 0. The van der Waals surface area contributed by atoms with Crippen LogP contribution in [0.3, 0.4) is 0 Å². The van der Waals surface area contributed by atoms with Crippen LogP contribution in [0.4, 0.5) is 0 Å². The van der Waals surface area contributed by atoms with Crippen molar-refractivity contribution in [3.8, 4) is 0 Å². The largest absolute Gasteiger partial charge is 0.460 e. The van der Waals surface area contributed by atoms with Gasteiger partial charge in [-0.2, -0.15) is 0 Å². The average Bonchev–Trinajstić information content (AvgIpc) is 2.44. The molecule has 0 amide bonds. The Morgan fingerprint density at radius 1 is 1.10 bits per heavy atom. The minimum absolute atomic E-state index is 0.0543. The van der Waals surface area contributed by atoms with Gasteiger partial charge in [0.15, 0.2) is 0 Å². The van der Waals surface area contributed by atoms with Gasteiger partial charge in [-0.1, -0.05) is 13.2 Å². The number of carbonyl (C=O) groups excluding carboxylic acids is 2. The summed E-state index contributed by atoms with van der Waals surface area (Å²) in [6, 6.07) is 0. The molecule has 0 fully saturated rings. The van der Waals surface area contributed by atoms with Crippen molar-refractivity contribution in [3.63, 3.8) is 0 Å². The maximum absolute atomic E-state index is 11.1. The summed E-state index contributed by atoms with van der Waals surface area (Å²) in [5, 5.41) is 0. The molecule has 0 heterocycles. The number of methoxy groups -OCH3 is 1. The first-order valence-corrected chi connectivity index (χ1v) is 5.89. The van der Waals surface area contributed by atoms with Crippen molar-refractivity contribution in [2.45, 2.75) is 13.4 Å². The quantitative estimate of drug-likeness (QED) is 0.241. The van der Waals surface area contributed by atoms with E-state index in [0.29, 0.717) is 5.57 Å². The highest BCUT2D eigenvalue weighted by Crippen LogP contribution is 1.97. The van der Waals surface area contributed by atoms with Gasteiger partial charge in [-0.15, -0.1) is 0 Å². The number of ether oxygens (including phenoxy) is 5. The van der Waals surface area contributed by atoms with Crippen LogP contribution in [0.2, 0.25) is 0 Å². The molecule has 1 atom stereocenters. The first kappa shape index (κ1) is 18.3. The fourth-order valence-corrected chi connectivity index (χ4v) is 0.932. The van der Waals surface area contributed by atoms with Crippen molar-refractivity contribution in [1.82, 2.24) is 0 Å². The van der Waals surface area contributed by atoms with Crippen LogP contribution in [0, 0.1) is 0 Å². The topological polar surface area (TPSA) is 80.3 Å². The van der Waals surface area contributed by atoms with Gasteiger partial charge in [0.05, 0.1) is 13.2 Å². The van der Waals surface area contributed by atoms with Gasteiger partial charge in [-0.05, 0) is 6.92 Å². The van der Waals surface area contributed by atoms with E-state index in [1.165, 1.54) is 7.11 Å². The number of esters is 2. The van der Waals surface area contributed by atoms with Crippen molar-refractivity contribution in [1.29, 1.82) is 0 Å². The van der Waals surface area contributed by atoms with Crippen molar-refractivity contribution >= 4 is 11.9 Å². The molecule has 0 aliphatic heterocycles. The van der Waals surface area contributed by atoms with Gasteiger partial charge < -0.3 is 23.7 Å². The minimum Gasteiger partial charge on any atom is -0.460 e. The molecule has 0 saturated carbocycles. The highest BCUT2D eigenvalue weighted by Gasteiger charge is 2.09. The van der Waals surface area contributed by atoms with E-state index in [1.807, 2.05) is 0 Å². The Labute approximate surface area is 118 Å². The van der Waals surface area contributed by atoms with E-state index in [1.54, 1.807) is 6.92 Å². The first-order valence-electron chi connectivity index (χ1n) is 5.89. The Balaban J connectivity index is 3.66. The smallest absolute Gasteiger partial charge is 0.333 e. The zero-order valence-electron chi connectivity index (χ0n) is 11.8. The summed E-state index contributed by atoms with van der Waals surface area (Å²) in [4.78, 5) is 21.8. The third-order valence-electron chi connectivity index (χ3n) is 1.86. The lowest BCUT2D eigenvalue weighted by Crippen LogP contribution is -2.24. The maximum atomic E-state index is 11.1. The van der Waals surface area contributed by atoms with Crippen LogP contribution in [0.5, 0.6) is 0 Å². The third-order valence-corrected chi connectivity index (χ3v) is 1.86. The fourth-order valence-electron chi connectivity index (χ4n) is 0.932. The molecule has 7 nitrogen and oxygen atoms in total. The molecule has 0 aliphatic rings. The molecular formula is C13H20O7. The summed E-state index contributed by atoms with van der Waals surface area (Å²) in [7, 11) is 1.39. The Kier molecular flexibility index (Phi) is 10.2. The van der Waals surface area contributed by atoms with Crippen LogP contribution in [-0.2, 0) is 33.3 Å². The zero-order chi connectivity index (χ0) is 15.4. The summed E-state index contributed by atoms with van der Waals surface area (Å²) in [5.41, 5.74) is 0.313. The standard InChI is InChI=1S/C13H20O7/c1-5-11(14)17-6-8-19-13(16-4)20-9-7-18-12(15)10(2)3/h5,13H,1-2,6-9H2,3-4H3. The van der Waals surface area contributed by atoms with Gasteiger partial charge in [-0.3, -0.25) is 0 Å². The van der Waals surface area contributed by atoms with E-state index in [2.05, 4.69) is 13.2 Å². The van der Waals surface area contributed by atoms with Gasteiger partial charge in [0.25, 0.3) is 6.48 Å². The predicted molar refractivity (Wildman–Crippen MR) is 69.6 cm³/mol. The van der Waals surface area contributed by atoms with E-state index in [-0.39, 0.29) is 26.4 Å². The second-order valence-electron chi connectivity index (χ2n) is 3.55. The molecule has 1 unspecified atom stereocenters. The van der Waals surface area contributed by atoms with E-state index in [0.717, 1.165) is 6.08 Å². The zero-order valence-corrected chi connectivity index (χ0v) is 11.8. The first-order chi connectivity index (χ1) is 9.51. The molecule has 20 heavy (non-hydrogen) atoms. The molecule has 0 aromatic rings. The summed E-state index contributed by atoms with van der Waals surface area (Å²) in [5.74, 6) is -1.02. The summed E-state index contributed by atoms with van der Waals surface area (Å²) < 4.78 is 24.7. The number of carbonyl (C=O) groups is 2. The molecule has 0 aromatic heterocycles. The molecule has 0 saturated heterocycles. The van der Waals surface area contributed by atoms with Gasteiger partial charge in [-0.25, -0.2) is 9.59 Å². The summed E-state index contributed by atoms with van der Waals surface area (Å²) in [6.45, 7) is 7.63. The Bertz CT molecular complexity index is 338. The summed E-state index contributed by atoms with van der Waals surface area (Å²) in [6.07, 6.45) is 1.06. The highest BCUT2D eigenvalue weighted by molar-refractivity contribution is 5.86. The third kappa shape index (κ3) is 9.26. The van der Waals surface area contributed by atoms with Crippen LogP contribution in [0.25, 0.3) is 0 Å². The second kappa shape index (κ2) is 11.2. The monoisotopic (exact) mass is 288 g/mol. The molecular weight excluding hydrogens is 268 g/mol. The van der Waals surface area contributed by atoms with E-state index in [4.69, 9.17) is 23.7 Å². The van der Waals surface area contributed by atoms with Crippen molar-refractivity contribution in [3.05, 3.63) is 24.8 Å². The number of hydrogen-bond acceptors (Lipinski definition) is 7. The Morgan fingerprint density at radius 2 is 1.65 bits per heavy atom. The molecule has 0 rings (SSSR count). The van der Waals surface area contributed by atoms with Crippen LogP contribution >= 0.6 is 0 Å². The number of rotatable bonds is 11. The van der Waals surface area contributed by atoms with Crippen LogP contribution in [-0.4, -0.2) is 52.0 Å². The van der Waals surface area contributed by atoms with Gasteiger partial charge >= 0.3 is 11.9 Å². The lowest BCUT2D eigenvalue weighted by atomic mass is 10.4. The highest BCUT2D eigenvalue weighted by atomic mass is 16.8. The molecule has 0 bridgehead atoms. The lowest BCUT2D eigenvalue weighted by molar-refractivity contribution is -0.281. The predicted octanol–water partition coefficient (Wildman–Crippen LogP) is 0.798. The van der Waals surface area contributed by atoms with E-state index >= 15 is 0 Å². The minimum atomic E-state index is -0.930. The average molecular weight is 288 g/mol. The molecule has 114 valence electrons.